The number of pyridine rings is 1. The first-order chi connectivity index (χ1) is 8.47. The number of carbonyl (C=O) groups excluding carboxylic acids is 1. The summed E-state index contributed by atoms with van der Waals surface area (Å²) in [5, 5.41) is 0. The molecular formula is C15H23NO2. The Morgan fingerprint density at radius 3 is 2.39 bits per heavy atom. The van der Waals surface area contributed by atoms with Crippen LogP contribution >= 0.6 is 0 Å². The number of hydrogen-bond donors (Lipinski definition) is 0. The zero-order valence-corrected chi connectivity index (χ0v) is 12.0. The molecule has 1 aromatic rings. The number of esters is 1. The summed E-state index contributed by atoms with van der Waals surface area (Å²) in [4.78, 5) is 16.4. The molecule has 0 spiro atoms. The lowest BCUT2D eigenvalue weighted by atomic mass is 9.97. The third-order valence-corrected chi connectivity index (χ3v) is 2.96. The Morgan fingerprint density at radius 2 is 1.89 bits per heavy atom. The van der Waals surface area contributed by atoms with Crippen LogP contribution in [0.1, 0.15) is 68.2 Å². The standard InChI is InChI=1S/C15H23NO2/c1-6-12(7-2)14-9-13(8-11(5)16-14)15(17)18-10(3)4/h8-10,12H,6-7H2,1-5H3. The maximum atomic E-state index is 11.9. The van der Waals surface area contributed by atoms with Gasteiger partial charge in [0.15, 0.2) is 0 Å². The highest BCUT2D eigenvalue weighted by Crippen LogP contribution is 2.22. The summed E-state index contributed by atoms with van der Waals surface area (Å²) >= 11 is 0. The first kappa shape index (κ1) is 14.7. The van der Waals surface area contributed by atoms with E-state index in [-0.39, 0.29) is 12.1 Å². The summed E-state index contributed by atoms with van der Waals surface area (Å²) in [6.07, 6.45) is 1.97. The van der Waals surface area contributed by atoms with Crippen LogP contribution < -0.4 is 0 Å². The molecule has 1 rings (SSSR count). The second kappa shape index (κ2) is 6.53. The quantitative estimate of drug-likeness (QED) is 0.744. The Bertz CT molecular complexity index is 409. The fourth-order valence-corrected chi connectivity index (χ4v) is 2.01. The minimum absolute atomic E-state index is 0.0948. The van der Waals surface area contributed by atoms with Crippen LogP contribution in [0.3, 0.4) is 0 Å². The van der Waals surface area contributed by atoms with E-state index >= 15 is 0 Å². The van der Waals surface area contributed by atoms with Crippen LogP contribution in [0.25, 0.3) is 0 Å². The van der Waals surface area contributed by atoms with Crippen LogP contribution in [0.4, 0.5) is 0 Å². The van der Waals surface area contributed by atoms with E-state index in [9.17, 15) is 4.79 Å². The zero-order chi connectivity index (χ0) is 13.7. The van der Waals surface area contributed by atoms with Gasteiger partial charge in [-0.25, -0.2) is 4.79 Å². The van der Waals surface area contributed by atoms with Gasteiger partial charge < -0.3 is 4.74 Å². The molecule has 3 nitrogen and oxygen atoms in total. The average molecular weight is 249 g/mol. The predicted molar refractivity (Wildman–Crippen MR) is 72.8 cm³/mol. The third-order valence-electron chi connectivity index (χ3n) is 2.96. The second-order valence-corrected chi connectivity index (χ2v) is 4.89. The van der Waals surface area contributed by atoms with Crippen LogP contribution in [0.5, 0.6) is 0 Å². The highest BCUT2D eigenvalue weighted by atomic mass is 16.5. The molecule has 0 bridgehead atoms. The molecule has 0 saturated carbocycles. The molecule has 18 heavy (non-hydrogen) atoms. The lowest BCUT2D eigenvalue weighted by Crippen LogP contribution is -2.13. The fraction of sp³-hybridized carbons (Fsp3) is 0.600. The summed E-state index contributed by atoms with van der Waals surface area (Å²) in [6, 6.07) is 3.66. The lowest BCUT2D eigenvalue weighted by Gasteiger charge is -2.14. The Labute approximate surface area is 110 Å². The zero-order valence-electron chi connectivity index (χ0n) is 12.0. The van der Waals surface area contributed by atoms with Gasteiger partial charge in [-0.3, -0.25) is 4.98 Å². The normalized spacial score (nSPS) is 11.1. The highest BCUT2D eigenvalue weighted by molar-refractivity contribution is 5.89. The molecule has 100 valence electrons. The van der Waals surface area contributed by atoms with Gasteiger partial charge in [-0.2, -0.15) is 0 Å². The molecule has 0 aromatic carbocycles. The van der Waals surface area contributed by atoms with Gasteiger partial charge in [0.25, 0.3) is 0 Å². The van der Waals surface area contributed by atoms with E-state index < -0.39 is 0 Å². The fourth-order valence-electron chi connectivity index (χ4n) is 2.01. The number of aryl methyl sites for hydroxylation is 1. The van der Waals surface area contributed by atoms with Crippen molar-refractivity contribution < 1.29 is 9.53 Å². The van der Waals surface area contributed by atoms with Crippen LogP contribution in [0, 0.1) is 6.92 Å². The molecule has 1 heterocycles. The second-order valence-electron chi connectivity index (χ2n) is 4.89. The summed E-state index contributed by atoms with van der Waals surface area (Å²) in [5.41, 5.74) is 2.48. The Balaban J connectivity index is 3.03. The number of ether oxygens (including phenoxy) is 1. The molecule has 3 heteroatoms. The van der Waals surface area contributed by atoms with Crippen molar-refractivity contribution >= 4 is 5.97 Å². The van der Waals surface area contributed by atoms with E-state index in [1.165, 1.54) is 0 Å². The summed E-state index contributed by atoms with van der Waals surface area (Å²) in [5.74, 6) is 0.151. The summed E-state index contributed by atoms with van der Waals surface area (Å²) in [6.45, 7) is 9.91. The van der Waals surface area contributed by atoms with Crippen molar-refractivity contribution in [1.29, 1.82) is 0 Å². The number of nitrogens with zero attached hydrogens (tertiary/aromatic N) is 1. The largest absolute Gasteiger partial charge is 0.459 e. The average Bonchev–Trinajstić information content (AvgIpc) is 2.29. The van der Waals surface area contributed by atoms with Gasteiger partial charge in [-0.05, 0) is 45.7 Å². The van der Waals surface area contributed by atoms with Gasteiger partial charge in [-0.15, -0.1) is 0 Å². The lowest BCUT2D eigenvalue weighted by molar-refractivity contribution is 0.0377. The molecule has 0 fully saturated rings. The van der Waals surface area contributed by atoms with Gasteiger partial charge >= 0.3 is 5.97 Å². The smallest absolute Gasteiger partial charge is 0.338 e. The Morgan fingerprint density at radius 1 is 1.28 bits per heavy atom. The molecule has 0 amide bonds. The van der Waals surface area contributed by atoms with Gasteiger partial charge in [0.2, 0.25) is 0 Å². The molecular weight excluding hydrogens is 226 g/mol. The van der Waals surface area contributed by atoms with E-state index in [1.54, 1.807) is 6.07 Å². The van der Waals surface area contributed by atoms with E-state index in [2.05, 4.69) is 18.8 Å². The molecule has 0 atom stereocenters. The van der Waals surface area contributed by atoms with Crippen molar-refractivity contribution in [3.05, 3.63) is 29.1 Å². The molecule has 0 radical (unpaired) electrons. The number of hydrogen-bond acceptors (Lipinski definition) is 3. The summed E-state index contributed by atoms with van der Waals surface area (Å²) in [7, 11) is 0. The maximum absolute atomic E-state index is 11.9. The topological polar surface area (TPSA) is 39.2 Å². The van der Waals surface area contributed by atoms with Crippen molar-refractivity contribution in [1.82, 2.24) is 4.98 Å². The molecule has 0 aliphatic carbocycles. The van der Waals surface area contributed by atoms with Crippen LogP contribution in [0.2, 0.25) is 0 Å². The number of aromatic nitrogens is 1. The van der Waals surface area contributed by atoms with Gasteiger partial charge in [0.1, 0.15) is 0 Å². The minimum Gasteiger partial charge on any atom is -0.459 e. The third kappa shape index (κ3) is 3.83. The highest BCUT2D eigenvalue weighted by Gasteiger charge is 2.15. The van der Waals surface area contributed by atoms with Crippen LogP contribution in [-0.4, -0.2) is 17.1 Å². The molecule has 1 aromatic heterocycles. The van der Waals surface area contributed by atoms with Crippen LogP contribution in [-0.2, 0) is 4.74 Å². The van der Waals surface area contributed by atoms with Gasteiger partial charge in [0, 0.05) is 17.3 Å². The predicted octanol–water partition coefficient (Wildman–Crippen LogP) is 3.86. The monoisotopic (exact) mass is 249 g/mol. The maximum Gasteiger partial charge on any atom is 0.338 e. The van der Waals surface area contributed by atoms with E-state index in [0.717, 1.165) is 24.2 Å². The van der Waals surface area contributed by atoms with Gasteiger partial charge in [0.05, 0.1) is 11.7 Å². The van der Waals surface area contributed by atoms with Crippen molar-refractivity contribution in [3.63, 3.8) is 0 Å². The van der Waals surface area contributed by atoms with E-state index in [4.69, 9.17) is 4.74 Å². The minimum atomic E-state index is -0.261. The van der Waals surface area contributed by atoms with Crippen molar-refractivity contribution in [2.24, 2.45) is 0 Å². The molecule has 0 saturated heterocycles. The Hall–Kier alpha value is -1.38. The molecule has 0 unspecified atom stereocenters. The number of carbonyl (C=O) groups is 1. The van der Waals surface area contributed by atoms with Crippen molar-refractivity contribution in [3.8, 4) is 0 Å². The molecule has 0 aliphatic heterocycles. The first-order valence-corrected chi connectivity index (χ1v) is 6.67. The number of rotatable bonds is 5. The van der Waals surface area contributed by atoms with E-state index in [1.807, 2.05) is 26.8 Å². The van der Waals surface area contributed by atoms with Crippen LogP contribution in [0.15, 0.2) is 12.1 Å². The first-order valence-electron chi connectivity index (χ1n) is 6.67. The van der Waals surface area contributed by atoms with E-state index in [0.29, 0.717) is 11.5 Å². The summed E-state index contributed by atoms with van der Waals surface area (Å²) < 4.78 is 5.23. The van der Waals surface area contributed by atoms with Gasteiger partial charge in [-0.1, -0.05) is 13.8 Å². The molecule has 0 N–H and O–H groups in total. The Kier molecular flexibility index (Phi) is 5.32. The van der Waals surface area contributed by atoms with Crippen molar-refractivity contribution in [2.45, 2.75) is 59.5 Å². The van der Waals surface area contributed by atoms with Crippen molar-refractivity contribution in [2.75, 3.05) is 0 Å². The molecule has 0 aliphatic rings. The SMILES string of the molecule is CCC(CC)c1cc(C(=O)OC(C)C)cc(C)n1.